The Morgan fingerprint density at radius 3 is 2.29 bits per heavy atom. The molecule has 0 aliphatic heterocycles. The molecule has 0 aliphatic rings. The van der Waals surface area contributed by atoms with Gasteiger partial charge >= 0.3 is 0 Å². The molecule has 4 nitrogen and oxygen atoms in total. The van der Waals surface area contributed by atoms with Gasteiger partial charge in [-0.1, -0.05) is 23.2 Å². The topological polar surface area (TPSA) is 48.9 Å². The summed E-state index contributed by atoms with van der Waals surface area (Å²) < 4.78 is 4.16. The van der Waals surface area contributed by atoms with Gasteiger partial charge in [-0.15, -0.1) is 0 Å². The van der Waals surface area contributed by atoms with E-state index in [1.165, 1.54) is 0 Å². The van der Waals surface area contributed by atoms with Crippen LogP contribution in [0.2, 0.25) is 0 Å². The first-order valence-corrected chi connectivity index (χ1v) is 4.84. The molecule has 1 rings (SSSR count). The Labute approximate surface area is 92.7 Å². The molecule has 0 radical (unpaired) electrons. The smallest absolute Gasteiger partial charge is 0.243 e. The third-order valence-corrected chi connectivity index (χ3v) is 1.72. The molecular formula is C8H12Cl2N2O2. The number of hydrogen-bond acceptors (Lipinski definition) is 2. The zero-order valence-corrected chi connectivity index (χ0v) is 9.50. The van der Waals surface area contributed by atoms with Crippen molar-refractivity contribution in [2.45, 2.75) is 18.3 Å². The van der Waals surface area contributed by atoms with Crippen molar-refractivity contribution in [3.63, 3.8) is 0 Å². The minimum atomic E-state index is -1.46. The molecule has 1 heterocycles. The summed E-state index contributed by atoms with van der Waals surface area (Å²) >= 11 is 9.43. The van der Waals surface area contributed by atoms with Gasteiger partial charge in [-0.25, -0.2) is 9.13 Å². The maximum absolute atomic E-state index is 9.32. The first kappa shape index (κ1) is 13.3. The number of alkyl halides is 2. The highest BCUT2D eigenvalue weighted by atomic mass is 35.5. The maximum Gasteiger partial charge on any atom is 0.243 e. The van der Waals surface area contributed by atoms with Gasteiger partial charge in [0.15, 0.2) is 0 Å². The molecule has 0 amide bonds. The molecule has 80 valence electrons. The molecule has 0 bridgehead atoms. The van der Waals surface area contributed by atoms with Gasteiger partial charge < -0.3 is 9.90 Å². The van der Waals surface area contributed by atoms with Crippen molar-refractivity contribution >= 4 is 29.2 Å². The standard InChI is InChI=1S/C6H11N2.C2H2Cl2O2/c1-3-8-5-4-7(2)6-8;3-1(4)2(5)6/h4-6H,3H2,1-2H3;1H,(H,5,6)/q+1;/p-1. The molecule has 0 saturated heterocycles. The van der Waals surface area contributed by atoms with E-state index >= 15 is 0 Å². The molecule has 6 heteroatoms. The molecule has 0 saturated carbocycles. The fourth-order valence-corrected chi connectivity index (χ4v) is 0.689. The first-order chi connectivity index (χ1) is 6.47. The molecule has 0 spiro atoms. The van der Waals surface area contributed by atoms with Crippen molar-refractivity contribution in [1.29, 1.82) is 0 Å². The van der Waals surface area contributed by atoms with E-state index in [4.69, 9.17) is 23.2 Å². The second-order valence-electron chi connectivity index (χ2n) is 2.53. The average Bonchev–Trinajstić information content (AvgIpc) is 2.52. The summed E-state index contributed by atoms with van der Waals surface area (Å²) in [6, 6.07) is 0. The van der Waals surface area contributed by atoms with Crippen molar-refractivity contribution in [3.8, 4) is 0 Å². The van der Waals surface area contributed by atoms with E-state index in [-0.39, 0.29) is 0 Å². The van der Waals surface area contributed by atoms with Crippen molar-refractivity contribution in [1.82, 2.24) is 4.57 Å². The minimum Gasteiger partial charge on any atom is -0.547 e. The van der Waals surface area contributed by atoms with Crippen molar-refractivity contribution in [2.24, 2.45) is 7.05 Å². The van der Waals surface area contributed by atoms with Gasteiger partial charge in [0.05, 0.1) is 19.6 Å². The molecule has 0 fully saturated rings. The summed E-state index contributed by atoms with van der Waals surface area (Å²) in [6.07, 6.45) is 6.14. The zero-order valence-electron chi connectivity index (χ0n) is 7.98. The Hall–Kier alpha value is -0.740. The van der Waals surface area contributed by atoms with Crippen LogP contribution in [-0.4, -0.2) is 15.4 Å². The van der Waals surface area contributed by atoms with Crippen LogP contribution in [0.1, 0.15) is 6.92 Å². The Kier molecular flexibility index (Phi) is 6.32. The van der Waals surface area contributed by atoms with Crippen LogP contribution < -0.4 is 9.67 Å². The third-order valence-electron chi connectivity index (χ3n) is 1.37. The highest BCUT2D eigenvalue weighted by Gasteiger charge is 1.93. The van der Waals surface area contributed by atoms with Gasteiger partial charge in [-0.05, 0) is 6.92 Å². The Morgan fingerprint density at radius 1 is 1.64 bits per heavy atom. The van der Waals surface area contributed by atoms with Crippen LogP contribution in [0.15, 0.2) is 18.7 Å². The first-order valence-electron chi connectivity index (χ1n) is 3.97. The van der Waals surface area contributed by atoms with Gasteiger partial charge in [-0.3, -0.25) is 0 Å². The summed E-state index contributed by atoms with van der Waals surface area (Å²) in [5.74, 6) is -1.46. The van der Waals surface area contributed by atoms with Crippen LogP contribution in [-0.2, 0) is 18.4 Å². The van der Waals surface area contributed by atoms with Crippen LogP contribution in [0.5, 0.6) is 0 Å². The van der Waals surface area contributed by atoms with Gasteiger partial charge in [0.1, 0.15) is 17.2 Å². The molecule has 1 aromatic heterocycles. The maximum atomic E-state index is 9.32. The molecule has 0 aliphatic carbocycles. The van der Waals surface area contributed by atoms with Crippen molar-refractivity contribution in [2.75, 3.05) is 0 Å². The number of halogens is 2. The fraction of sp³-hybridized carbons (Fsp3) is 0.500. The summed E-state index contributed by atoms with van der Waals surface area (Å²) in [5, 5.41) is 9.32. The lowest BCUT2D eigenvalue weighted by molar-refractivity contribution is -0.671. The number of hydrogen-bond donors (Lipinski definition) is 0. The number of carboxylic acid groups (broad SMARTS) is 1. The number of carbonyl (C=O) groups is 1. The SMILES string of the molecule is CCn1cc[n+](C)c1.O=C([O-])C(Cl)Cl. The molecule has 0 unspecified atom stereocenters. The largest absolute Gasteiger partial charge is 0.547 e. The Morgan fingerprint density at radius 2 is 2.14 bits per heavy atom. The van der Waals surface area contributed by atoms with E-state index in [1.54, 1.807) is 0 Å². The number of aryl methyl sites for hydroxylation is 2. The predicted octanol–water partition coefficient (Wildman–Crippen LogP) is -0.128. The van der Waals surface area contributed by atoms with Crippen molar-refractivity contribution in [3.05, 3.63) is 18.7 Å². The van der Waals surface area contributed by atoms with Crippen molar-refractivity contribution < 1.29 is 14.5 Å². The average molecular weight is 239 g/mol. The zero-order chi connectivity index (χ0) is 11.1. The number of aliphatic carboxylic acids is 1. The summed E-state index contributed by atoms with van der Waals surface area (Å²) in [5.41, 5.74) is 0. The van der Waals surface area contributed by atoms with E-state index in [0.717, 1.165) is 6.54 Å². The van der Waals surface area contributed by atoms with Crippen LogP contribution in [0, 0.1) is 0 Å². The van der Waals surface area contributed by atoms with Gasteiger partial charge in [0.25, 0.3) is 0 Å². The predicted molar refractivity (Wildman–Crippen MR) is 51.8 cm³/mol. The lowest BCUT2D eigenvalue weighted by Crippen LogP contribution is -2.28. The highest BCUT2D eigenvalue weighted by Crippen LogP contribution is 1.96. The Balaban J connectivity index is 0.000000255. The van der Waals surface area contributed by atoms with E-state index < -0.39 is 10.8 Å². The van der Waals surface area contributed by atoms with E-state index in [2.05, 4.69) is 24.0 Å². The lowest BCUT2D eigenvalue weighted by Gasteiger charge is -1.96. The number of rotatable bonds is 2. The summed E-state index contributed by atoms with van der Waals surface area (Å²) in [4.78, 5) is 7.93. The molecular weight excluding hydrogens is 227 g/mol. The molecule has 0 aromatic carbocycles. The monoisotopic (exact) mass is 238 g/mol. The normalized spacial score (nSPS) is 9.50. The van der Waals surface area contributed by atoms with Gasteiger partial charge in [0, 0.05) is 0 Å². The van der Waals surface area contributed by atoms with E-state index in [9.17, 15) is 9.90 Å². The van der Waals surface area contributed by atoms with Crippen LogP contribution in [0.3, 0.4) is 0 Å². The lowest BCUT2D eigenvalue weighted by atomic mass is 10.7. The van der Waals surface area contributed by atoms with Crippen LogP contribution in [0.25, 0.3) is 0 Å². The van der Waals surface area contributed by atoms with E-state index in [1.807, 2.05) is 17.8 Å². The number of aromatic nitrogens is 2. The summed E-state index contributed by atoms with van der Waals surface area (Å²) in [6.45, 7) is 3.18. The van der Waals surface area contributed by atoms with Gasteiger partial charge in [0.2, 0.25) is 6.33 Å². The molecule has 0 N–H and O–H groups in total. The number of imidazole rings is 1. The van der Waals surface area contributed by atoms with E-state index in [0.29, 0.717) is 0 Å². The van der Waals surface area contributed by atoms with Gasteiger partial charge in [-0.2, -0.15) is 0 Å². The number of nitrogens with zero attached hydrogens (tertiary/aromatic N) is 2. The molecule has 0 atom stereocenters. The third kappa shape index (κ3) is 5.83. The Bertz CT molecular complexity index is 287. The number of carbonyl (C=O) groups excluding carboxylic acids is 1. The fourth-order valence-electron chi connectivity index (χ4n) is 0.689. The van der Waals surface area contributed by atoms with Crippen LogP contribution >= 0.6 is 23.2 Å². The molecule has 1 aromatic rings. The molecule has 14 heavy (non-hydrogen) atoms. The second-order valence-corrected chi connectivity index (χ2v) is 3.63. The quantitative estimate of drug-likeness (QED) is 0.533. The minimum absolute atomic E-state index is 1.06. The number of carboxylic acids is 1. The highest BCUT2D eigenvalue weighted by molar-refractivity contribution is 6.52. The summed E-state index contributed by atoms with van der Waals surface area (Å²) in [7, 11) is 2.02. The second kappa shape index (κ2) is 6.68. The van der Waals surface area contributed by atoms with Crippen LogP contribution in [0.4, 0.5) is 0 Å².